The van der Waals surface area contributed by atoms with E-state index in [9.17, 15) is 8.78 Å². The molecule has 0 radical (unpaired) electrons. The van der Waals surface area contributed by atoms with E-state index in [0.29, 0.717) is 45.8 Å². The number of benzene rings is 1. The molecule has 0 unspecified atom stereocenters. The van der Waals surface area contributed by atoms with Crippen molar-refractivity contribution >= 4 is 45.9 Å². The van der Waals surface area contributed by atoms with Crippen LogP contribution in [0.5, 0.6) is 0 Å². The van der Waals surface area contributed by atoms with Crippen LogP contribution in [0.15, 0.2) is 56.7 Å². The maximum absolute atomic E-state index is 12.2. The predicted molar refractivity (Wildman–Crippen MR) is 96.5 cm³/mol. The highest BCUT2D eigenvalue weighted by Gasteiger charge is 2.12. The number of thioether (sulfide) groups is 1. The van der Waals surface area contributed by atoms with Crippen LogP contribution in [0.1, 0.15) is 11.5 Å². The summed E-state index contributed by atoms with van der Waals surface area (Å²) in [7, 11) is 0. The first-order valence-electron chi connectivity index (χ1n) is 7.60. The fraction of sp³-hybridized carbons (Fsp3) is 0.118. The Bertz CT molecular complexity index is 1080. The van der Waals surface area contributed by atoms with Crippen molar-refractivity contribution in [3.8, 4) is 0 Å². The second-order valence-electron chi connectivity index (χ2n) is 5.24. The number of anilines is 1. The number of furan rings is 2. The van der Waals surface area contributed by atoms with Gasteiger partial charge in [-0.05, 0) is 24.3 Å². The second kappa shape index (κ2) is 7.12. The first kappa shape index (κ1) is 16.5. The van der Waals surface area contributed by atoms with Crippen LogP contribution in [0.25, 0.3) is 22.1 Å². The zero-order valence-electron chi connectivity index (χ0n) is 13.2. The van der Waals surface area contributed by atoms with Gasteiger partial charge in [-0.15, -0.1) is 0 Å². The van der Waals surface area contributed by atoms with E-state index >= 15 is 0 Å². The number of nitrogens with one attached hydrogen (secondary N) is 1. The summed E-state index contributed by atoms with van der Waals surface area (Å²) in [6.45, 7) is 0. The SMILES string of the molecule is FC(F)SCc1ccc(C=NNc2ncnc3c2oc2ccccc23)o1. The lowest BCUT2D eigenvalue weighted by molar-refractivity contribution is 0.251. The number of alkyl halides is 2. The third kappa shape index (κ3) is 3.38. The summed E-state index contributed by atoms with van der Waals surface area (Å²) in [5.74, 6) is -1.01. The molecule has 0 bridgehead atoms. The Balaban J connectivity index is 1.52. The number of aromatic nitrogens is 2. The van der Waals surface area contributed by atoms with Gasteiger partial charge in [-0.1, -0.05) is 23.9 Å². The summed E-state index contributed by atoms with van der Waals surface area (Å²) in [4.78, 5) is 8.40. The molecule has 0 saturated carbocycles. The highest BCUT2D eigenvalue weighted by molar-refractivity contribution is 7.98. The first-order chi connectivity index (χ1) is 12.7. The lowest BCUT2D eigenvalue weighted by atomic mass is 10.2. The van der Waals surface area contributed by atoms with Crippen molar-refractivity contribution < 1.29 is 17.6 Å². The Morgan fingerprint density at radius 2 is 2.04 bits per heavy atom. The Morgan fingerprint density at radius 3 is 2.92 bits per heavy atom. The molecule has 4 rings (SSSR count). The molecule has 3 aromatic heterocycles. The molecule has 0 aliphatic heterocycles. The van der Waals surface area contributed by atoms with Crippen LogP contribution in [0.4, 0.5) is 14.6 Å². The largest absolute Gasteiger partial charge is 0.459 e. The van der Waals surface area contributed by atoms with E-state index in [1.807, 2.05) is 24.3 Å². The molecule has 6 nitrogen and oxygen atoms in total. The van der Waals surface area contributed by atoms with E-state index < -0.39 is 5.76 Å². The van der Waals surface area contributed by atoms with Crippen molar-refractivity contribution in [1.29, 1.82) is 0 Å². The first-order valence-corrected chi connectivity index (χ1v) is 8.65. The van der Waals surface area contributed by atoms with Crippen molar-refractivity contribution in [2.45, 2.75) is 11.5 Å². The molecule has 1 N–H and O–H groups in total. The van der Waals surface area contributed by atoms with Gasteiger partial charge in [-0.2, -0.15) is 13.9 Å². The lowest BCUT2D eigenvalue weighted by Gasteiger charge is -1.98. The van der Waals surface area contributed by atoms with E-state index in [1.165, 1.54) is 12.5 Å². The average molecular weight is 374 g/mol. The zero-order chi connectivity index (χ0) is 17.9. The average Bonchev–Trinajstić information content (AvgIpc) is 3.25. The standard InChI is InChI=1S/C17H12F2N4O2S/c18-17(19)26-8-11-6-5-10(24-11)7-22-23-16-15-14(20-9-21-16)12-3-1-2-4-13(12)25-15/h1-7,9,17H,8H2,(H,20,21,23). The molecule has 0 aliphatic carbocycles. The minimum atomic E-state index is -2.43. The molecular formula is C17H12F2N4O2S. The number of hydrogen-bond donors (Lipinski definition) is 1. The molecule has 3 heterocycles. The van der Waals surface area contributed by atoms with Gasteiger partial charge in [0.2, 0.25) is 0 Å². The maximum atomic E-state index is 12.2. The molecule has 0 atom stereocenters. The minimum absolute atomic E-state index is 0.102. The van der Waals surface area contributed by atoms with Gasteiger partial charge in [0.25, 0.3) is 5.76 Å². The van der Waals surface area contributed by atoms with E-state index in [4.69, 9.17) is 8.83 Å². The van der Waals surface area contributed by atoms with Gasteiger partial charge >= 0.3 is 0 Å². The minimum Gasteiger partial charge on any atom is -0.459 e. The Labute approximate surface area is 150 Å². The van der Waals surface area contributed by atoms with Gasteiger partial charge in [0, 0.05) is 5.39 Å². The van der Waals surface area contributed by atoms with Gasteiger partial charge in [-0.25, -0.2) is 9.97 Å². The summed E-state index contributed by atoms with van der Waals surface area (Å²) in [5, 5.41) is 4.96. The van der Waals surface area contributed by atoms with Crippen molar-refractivity contribution in [3.63, 3.8) is 0 Å². The predicted octanol–water partition coefficient (Wildman–Crippen LogP) is 4.87. The molecule has 0 fully saturated rings. The molecule has 0 amide bonds. The van der Waals surface area contributed by atoms with Gasteiger partial charge in [0.1, 0.15) is 28.9 Å². The lowest BCUT2D eigenvalue weighted by Crippen LogP contribution is -1.94. The van der Waals surface area contributed by atoms with Crippen LogP contribution < -0.4 is 5.43 Å². The quantitative estimate of drug-likeness (QED) is 0.383. The van der Waals surface area contributed by atoms with Crippen LogP contribution in [-0.4, -0.2) is 21.9 Å². The fourth-order valence-electron chi connectivity index (χ4n) is 2.45. The molecule has 1 aromatic carbocycles. The maximum Gasteiger partial charge on any atom is 0.284 e. The van der Waals surface area contributed by atoms with Gasteiger partial charge in [0.05, 0.1) is 12.0 Å². The zero-order valence-corrected chi connectivity index (χ0v) is 14.0. The summed E-state index contributed by atoms with van der Waals surface area (Å²) < 4.78 is 35.6. The van der Waals surface area contributed by atoms with Crippen LogP contribution in [0, 0.1) is 0 Å². The summed E-state index contributed by atoms with van der Waals surface area (Å²) in [6, 6.07) is 10.9. The molecule has 0 spiro atoms. The number of hydrazone groups is 1. The monoisotopic (exact) mass is 374 g/mol. The Kier molecular flexibility index (Phi) is 4.53. The third-order valence-electron chi connectivity index (χ3n) is 3.55. The topological polar surface area (TPSA) is 76.5 Å². The number of hydrogen-bond acceptors (Lipinski definition) is 7. The molecule has 4 aromatic rings. The Morgan fingerprint density at radius 1 is 1.15 bits per heavy atom. The third-order valence-corrected chi connectivity index (χ3v) is 4.26. The van der Waals surface area contributed by atoms with Gasteiger partial charge in [0.15, 0.2) is 11.4 Å². The fourth-order valence-corrected chi connectivity index (χ4v) is 2.89. The van der Waals surface area contributed by atoms with Crippen molar-refractivity contribution in [2.24, 2.45) is 5.10 Å². The van der Waals surface area contributed by atoms with Crippen molar-refractivity contribution in [1.82, 2.24) is 9.97 Å². The normalized spacial score (nSPS) is 12.0. The molecule has 9 heteroatoms. The Hall–Kier alpha value is -2.94. The number of fused-ring (bicyclic) bond motifs is 3. The molecule has 132 valence electrons. The summed E-state index contributed by atoms with van der Waals surface area (Å²) in [6.07, 6.45) is 2.86. The highest BCUT2D eigenvalue weighted by Crippen LogP contribution is 2.30. The highest BCUT2D eigenvalue weighted by atomic mass is 32.2. The van der Waals surface area contributed by atoms with Crippen molar-refractivity contribution in [2.75, 3.05) is 5.43 Å². The molecular weight excluding hydrogens is 362 g/mol. The van der Waals surface area contributed by atoms with Crippen LogP contribution >= 0.6 is 11.8 Å². The smallest absolute Gasteiger partial charge is 0.284 e. The number of para-hydroxylation sites is 1. The van der Waals surface area contributed by atoms with E-state index in [2.05, 4.69) is 20.5 Å². The number of rotatable bonds is 6. The van der Waals surface area contributed by atoms with Gasteiger partial charge in [-0.3, -0.25) is 5.43 Å². The summed E-state index contributed by atoms with van der Waals surface area (Å²) in [5.41, 5.74) is 4.70. The van der Waals surface area contributed by atoms with Crippen molar-refractivity contribution in [3.05, 3.63) is 54.2 Å². The van der Waals surface area contributed by atoms with Crippen LogP contribution in [-0.2, 0) is 5.75 Å². The number of halogens is 2. The van der Waals surface area contributed by atoms with E-state index in [0.717, 1.165) is 5.39 Å². The van der Waals surface area contributed by atoms with Gasteiger partial charge < -0.3 is 8.83 Å². The second-order valence-corrected chi connectivity index (χ2v) is 6.22. The van der Waals surface area contributed by atoms with E-state index in [1.54, 1.807) is 12.1 Å². The molecule has 26 heavy (non-hydrogen) atoms. The molecule has 0 aliphatic rings. The number of nitrogens with zero attached hydrogens (tertiary/aromatic N) is 3. The molecule has 0 saturated heterocycles. The van der Waals surface area contributed by atoms with E-state index in [-0.39, 0.29) is 5.75 Å². The van der Waals surface area contributed by atoms with Crippen LogP contribution in [0.3, 0.4) is 0 Å². The summed E-state index contributed by atoms with van der Waals surface area (Å²) >= 11 is 0.505. The van der Waals surface area contributed by atoms with Crippen LogP contribution in [0.2, 0.25) is 0 Å².